The Hall–Kier alpha value is -2.32. The van der Waals surface area contributed by atoms with Crippen molar-refractivity contribution in [3.8, 4) is 5.75 Å². The van der Waals surface area contributed by atoms with Crippen LogP contribution in [0.5, 0.6) is 5.75 Å². The second-order valence-electron chi connectivity index (χ2n) is 11.5. The van der Waals surface area contributed by atoms with E-state index in [2.05, 4.69) is 80.5 Å². The molecule has 0 unspecified atom stereocenters. The molecule has 0 aliphatic rings. The van der Waals surface area contributed by atoms with Crippen LogP contribution in [0.4, 0.5) is 4.39 Å². The normalized spacial score (nSPS) is 11.5. The van der Waals surface area contributed by atoms with Crippen molar-refractivity contribution in [3.63, 3.8) is 0 Å². The fourth-order valence-corrected chi connectivity index (χ4v) is 3.19. The van der Waals surface area contributed by atoms with Gasteiger partial charge in [-0.3, -0.25) is 0 Å². The molecule has 0 fully saturated rings. The Bertz CT molecular complexity index is 965. The van der Waals surface area contributed by atoms with Crippen LogP contribution in [0.1, 0.15) is 79.0 Å². The van der Waals surface area contributed by atoms with E-state index in [1.807, 2.05) is 36.4 Å². The third-order valence-electron chi connectivity index (χ3n) is 5.32. The molecule has 3 aromatic carbocycles. The quantitative estimate of drug-likeness (QED) is 0.334. The van der Waals surface area contributed by atoms with Gasteiger partial charge >= 0.3 is 0 Å². The minimum atomic E-state index is -0.155. The molecule has 1 nitrogen and oxygen atoms in total. The van der Waals surface area contributed by atoms with Crippen LogP contribution in [-0.4, -0.2) is 7.11 Å². The van der Waals surface area contributed by atoms with Crippen LogP contribution < -0.4 is 4.74 Å². The highest BCUT2D eigenvalue weighted by Gasteiger charge is 2.14. The van der Waals surface area contributed by atoms with Crippen LogP contribution in [0.2, 0.25) is 5.02 Å². The molecule has 0 saturated heterocycles. The van der Waals surface area contributed by atoms with Gasteiger partial charge < -0.3 is 4.74 Å². The average Bonchev–Trinajstić information content (AvgIpc) is 2.73. The standard InChI is InChI=1S/C11H16O.C10H13Cl.C10H13F/c1-11(2,3)9-6-5-7-10(8-9)12-4;2*1-10(2,3)8-5-4-6-9(11)7-8/h5-8H,1-4H3;2*4-7H,1-3H3. The summed E-state index contributed by atoms with van der Waals surface area (Å²) in [5, 5.41) is 0.817. The van der Waals surface area contributed by atoms with E-state index in [1.165, 1.54) is 17.2 Å². The third-order valence-corrected chi connectivity index (χ3v) is 5.55. The predicted molar refractivity (Wildman–Crippen MR) is 147 cm³/mol. The van der Waals surface area contributed by atoms with E-state index in [9.17, 15) is 4.39 Å². The highest BCUT2D eigenvalue weighted by Crippen LogP contribution is 2.26. The topological polar surface area (TPSA) is 9.23 Å². The van der Waals surface area contributed by atoms with Crippen molar-refractivity contribution in [2.75, 3.05) is 7.11 Å². The molecule has 0 aliphatic carbocycles. The van der Waals surface area contributed by atoms with Crippen LogP contribution >= 0.6 is 11.6 Å². The first-order chi connectivity index (χ1) is 15.5. The molecule has 186 valence electrons. The van der Waals surface area contributed by atoms with E-state index >= 15 is 0 Å². The second-order valence-corrected chi connectivity index (χ2v) is 11.9. The molecular weight excluding hydrogens is 443 g/mol. The molecule has 3 aromatic rings. The summed E-state index contributed by atoms with van der Waals surface area (Å²) in [4.78, 5) is 0. The van der Waals surface area contributed by atoms with Crippen molar-refractivity contribution in [1.82, 2.24) is 0 Å². The molecule has 0 spiro atoms. The van der Waals surface area contributed by atoms with Crippen LogP contribution in [0.15, 0.2) is 72.8 Å². The van der Waals surface area contributed by atoms with Crippen molar-refractivity contribution in [3.05, 3.63) is 100 Å². The molecule has 0 heterocycles. The van der Waals surface area contributed by atoms with Gasteiger partial charge in [0.15, 0.2) is 0 Å². The van der Waals surface area contributed by atoms with E-state index in [0.29, 0.717) is 0 Å². The highest BCUT2D eigenvalue weighted by molar-refractivity contribution is 6.30. The van der Waals surface area contributed by atoms with E-state index in [0.717, 1.165) is 16.3 Å². The van der Waals surface area contributed by atoms with E-state index in [-0.39, 0.29) is 22.1 Å². The Morgan fingerprint density at radius 2 is 1.00 bits per heavy atom. The Kier molecular flexibility index (Phi) is 10.8. The smallest absolute Gasteiger partial charge is 0.123 e. The molecule has 0 aliphatic heterocycles. The fraction of sp³-hybridized carbons (Fsp3) is 0.419. The van der Waals surface area contributed by atoms with Gasteiger partial charge in [-0.05, 0) is 69.3 Å². The van der Waals surface area contributed by atoms with Gasteiger partial charge in [0, 0.05) is 5.02 Å². The maximum atomic E-state index is 12.7. The summed E-state index contributed by atoms with van der Waals surface area (Å²) in [5.74, 6) is 0.778. The Morgan fingerprint density at radius 1 is 0.588 bits per heavy atom. The summed E-state index contributed by atoms with van der Waals surface area (Å²) in [6.45, 7) is 19.3. The van der Waals surface area contributed by atoms with Crippen molar-refractivity contribution in [2.45, 2.75) is 78.6 Å². The zero-order chi connectivity index (χ0) is 26.2. The lowest BCUT2D eigenvalue weighted by Crippen LogP contribution is -2.10. The molecule has 0 radical (unpaired) electrons. The van der Waals surface area contributed by atoms with Crippen molar-refractivity contribution >= 4 is 11.6 Å². The number of hydrogen-bond acceptors (Lipinski definition) is 1. The summed E-state index contributed by atoms with van der Waals surface area (Å²) in [6.07, 6.45) is 0. The molecule has 3 rings (SSSR count). The first kappa shape index (κ1) is 29.7. The Labute approximate surface area is 212 Å². The summed E-state index contributed by atoms with van der Waals surface area (Å²) in [6, 6.07) is 23.0. The third kappa shape index (κ3) is 10.7. The van der Waals surface area contributed by atoms with Crippen molar-refractivity contribution < 1.29 is 9.13 Å². The molecule has 0 atom stereocenters. The molecule has 0 aromatic heterocycles. The van der Waals surface area contributed by atoms with Crippen molar-refractivity contribution in [1.29, 1.82) is 0 Å². The number of halogens is 2. The summed E-state index contributed by atoms with van der Waals surface area (Å²) in [5.41, 5.74) is 4.08. The molecule has 3 heteroatoms. The Balaban J connectivity index is 0.000000255. The first-order valence-corrected chi connectivity index (χ1v) is 12.1. The lowest BCUT2D eigenvalue weighted by Gasteiger charge is -2.19. The maximum Gasteiger partial charge on any atom is 0.123 e. The van der Waals surface area contributed by atoms with Gasteiger partial charge in [-0.15, -0.1) is 0 Å². The zero-order valence-electron chi connectivity index (χ0n) is 22.6. The average molecular weight is 485 g/mol. The van der Waals surface area contributed by atoms with Gasteiger partial charge in [0.1, 0.15) is 11.6 Å². The Morgan fingerprint density at radius 3 is 1.35 bits per heavy atom. The van der Waals surface area contributed by atoms with E-state index in [4.69, 9.17) is 16.3 Å². The van der Waals surface area contributed by atoms with Gasteiger partial charge in [0.05, 0.1) is 7.11 Å². The first-order valence-electron chi connectivity index (χ1n) is 11.7. The number of rotatable bonds is 1. The SMILES string of the molecule is CC(C)(C)c1cccc(Cl)c1.CC(C)(C)c1cccc(F)c1.COc1cccc(C(C)(C)C)c1. The molecule has 0 N–H and O–H groups in total. The fourth-order valence-electron chi connectivity index (χ4n) is 3.00. The second kappa shape index (κ2) is 12.4. The summed E-state index contributed by atoms with van der Waals surface area (Å²) >= 11 is 5.85. The predicted octanol–water partition coefficient (Wildman–Crippen LogP) is 9.75. The highest BCUT2D eigenvalue weighted by atomic mass is 35.5. The molecule has 34 heavy (non-hydrogen) atoms. The van der Waals surface area contributed by atoms with Crippen LogP contribution in [-0.2, 0) is 16.2 Å². The van der Waals surface area contributed by atoms with Crippen LogP contribution in [0, 0.1) is 5.82 Å². The lowest BCUT2D eigenvalue weighted by molar-refractivity contribution is 0.412. The number of ether oxygens (including phenoxy) is 1. The minimum Gasteiger partial charge on any atom is -0.497 e. The number of hydrogen-bond donors (Lipinski definition) is 0. The van der Waals surface area contributed by atoms with E-state index < -0.39 is 0 Å². The van der Waals surface area contributed by atoms with Gasteiger partial charge in [0.25, 0.3) is 0 Å². The van der Waals surface area contributed by atoms with Gasteiger partial charge in [0.2, 0.25) is 0 Å². The number of methoxy groups -OCH3 is 1. The van der Waals surface area contributed by atoms with Gasteiger partial charge in [-0.25, -0.2) is 4.39 Å². The van der Waals surface area contributed by atoms with Crippen molar-refractivity contribution in [2.24, 2.45) is 0 Å². The lowest BCUT2D eigenvalue weighted by atomic mass is 9.87. The monoisotopic (exact) mass is 484 g/mol. The van der Waals surface area contributed by atoms with Gasteiger partial charge in [-0.2, -0.15) is 0 Å². The summed E-state index contributed by atoms with van der Waals surface area (Å²) in [7, 11) is 1.70. The summed E-state index contributed by atoms with van der Waals surface area (Å²) < 4.78 is 17.8. The van der Waals surface area contributed by atoms with E-state index in [1.54, 1.807) is 19.2 Å². The molecule has 0 amide bonds. The molecule has 0 bridgehead atoms. The van der Waals surface area contributed by atoms with Gasteiger partial charge in [-0.1, -0.05) is 110 Å². The van der Waals surface area contributed by atoms with Crippen LogP contribution in [0.3, 0.4) is 0 Å². The minimum absolute atomic E-state index is 0.0437. The zero-order valence-corrected chi connectivity index (χ0v) is 23.3. The largest absolute Gasteiger partial charge is 0.497 e. The maximum absolute atomic E-state index is 12.7. The van der Waals surface area contributed by atoms with Crippen LogP contribution in [0.25, 0.3) is 0 Å². The molecular formula is C31H42ClFO. The number of benzene rings is 3. The molecule has 0 saturated carbocycles.